The van der Waals surface area contributed by atoms with Gasteiger partial charge in [0.1, 0.15) is 5.01 Å². The van der Waals surface area contributed by atoms with E-state index in [0.29, 0.717) is 13.1 Å². The van der Waals surface area contributed by atoms with E-state index in [-0.39, 0.29) is 18.4 Å². The fourth-order valence-electron chi connectivity index (χ4n) is 2.10. The van der Waals surface area contributed by atoms with Crippen molar-refractivity contribution >= 4 is 17.2 Å². The monoisotopic (exact) mass is 285 g/mol. The average Bonchev–Trinajstić information content (AvgIpc) is 2.86. The molecular weight excluding hydrogens is 265 g/mol. The molecule has 1 aliphatic rings. The van der Waals surface area contributed by atoms with E-state index in [0.717, 1.165) is 10.7 Å². The molecule has 4 nitrogen and oxygen atoms in total. The minimum absolute atomic E-state index is 0.0246. The van der Waals surface area contributed by atoms with Gasteiger partial charge in [-0.1, -0.05) is 20.8 Å². The number of alkyl halides is 1. The maximum atomic E-state index is 14.0. The first-order valence-electron chi connectivity index (χ1n) is 6.37. The summed E-state index contributed by atoms with van der Waals surface area (Å²) in [6.45, 7) is 7.54. The molecule has 2 N–H and O–H groups in total. The summed E-state index contributed by atoms with van der Waals surface area (Å²) in [6, 6.07) is 0. The van der Waals surface area contributed by atoms with Crippen LogP contribution in [-0.4, -0.2) is 34.5 Å². The number of hydrogen-bond acceptors (Lipinski definition) is 4. The lowest BCUT2D eigenvalue weighted by Crippen LogP contribution is -2.42. The number of nitrogens with zero attached hydrogens (tertiary/aromatic N) is 2. The molecule has 1 aromatic heterocycles. The highest BCUT2D eigenvalue weighted by Gasteiger charge is 2.43. The first-order valence-corrected chi connectivity index (χ1v) is 7.25. The van der Waals surface area contributed by atoms with Crippen LogP contribution in [-0.2, 0) is 16.8 Å². The third kappa shape index (κ3) is 3.12. The van der Waals surface area contributed by atoms with Gasteiger partial charge in [0.2, 0.25) is 5.67 Å². The number of carbonyl (C=O) groups excluding carboxylic acids is 1. The molecule has 106 valence electrons. The summed E-state index contributed by atoms with van der Waals surface area (Å²) in [5, 5.41) is 3.00. The third-order valence-corrected chi connectivity index (χ3v) is 4.25. The molecule has 2 heterocycles. The second kappa shape index (κ2) is 4.83. The highest BCUT2D eigenvalue weighted by atomic mass is 32.1. The third-order valence-electron chi connectivity index (χ3n) is 3.42. The van der Waals surface area contributed by atoms with Crippen LogP contribution in [0.15, 0.2) is 5.38 Å². The zero-order valence-corrected chi connectivity index (χ0v) is 12.4. The van der Waals surface area contributed by atoms with Crippen molar-refractivity contribution in [2.75, 3.05) is 13.1 Å². The molecule has 0 radical (unpaired) electrons. The predicted octanol–water partition coefficient (Wildman–Crippen LogP) is 1.84. The topological polar surface area (TPSA) is 59.2 Å². The Morgan fingerprint density at radius 3 is 2.79 bits per heavy atom. The van der Waals surface area contributed by atoms with Crippen LogP contribution in [0.4, 0.5) is 4.39 Å². The van der Waals surface area contributed by atoms with Crippen molar-refractivity contribution in [2.45, 2.75) is 44.8 Å². The first kappa shape index (κ1) is 14.4. The van der Waals surface area contributed by atoms with Gasteiger partial charge in [0.25, 0.3) is 5.91 Å². The molecule has 6 heteroatoms. The Morgan fingerprint density at radius 2 is 2.32 bits per heavy atom. The van der Waals surface area contributed by atoms with Crippen LogP contribution < -0.4 is 5.73 Å². The van der Waals surface area contributed by atoms with E-state index < -0.39 is 11.6 Å². The van der Waals surface area contributed by atoms with Crippen molar-refractivity contribution in [3.63, 3.8) is 0 Å². The number of hydrogen-bond donors (Lipinski definition) is 1. The first-order chi connectivity index (χ1) is 8.71. The van der Waals surface area contributed by atoms with Gasteiger partial charge in [0.05, 0.1) is 12.2 Å². The molecule has 1 amide bonds. The van der Waals surface area contributed by atoms with Crippen LogP contribution in [0, 0.1) is 0 Å². The number of likely N-dealkylation sites (tertiary alicyclic amines) is 1. The smallest absolute Gasteiger partial charge is 0.256 e. The van der Waals surface area contributed by atoms with E-state index in [1.165, 1.54) is 0 Å². The van der Waals surface area contributed by atoms with E-state index in [9.17, 15) is 9.18 Å². The molecule has 0 aliphatic carbocycles. The molecular formula is C13H20FN3OS. The Hall–Kier alpha value is -1.01. The number of primary amides is 1. The van der Waals surface area contributed by atoms with Crippen LogP contribution in [0.2, 0.25) is 0 Å². The van der Waals surface area contributed by atoms with Crippen LogP contribution in [0.3, 0.4) is 0 Å². The minimum Gasteiger partial charge on any atom is -0.367 e. The molecule has 1 saturated heterocycles. The molecule has 1 atom stereocenters. The fourth-order valence-corrected chi connectivity index (χ4v) is 3.17. The van der Waals surface area contributed by atoms with Gasteiger partial charge in [0, 0.05) is 30.3 Å². The number of aromatic nitrogens is 1. The average molecular weight is 285 g/mol. The normalized spacial score (nSPS) is 24.8. The van der Waals surface area contributed by atoms with Crippen LogP contribution in [0.1, 0.15) is 37.9 Å². The molecule has 0 saturated carbocycles. The summed E-state index contributed by atoms with van der Waals surface area (Å²) in [4.78, 5) is 17.5. The Kier molecular flexibility index (Phi) is 3.66. The van der Waals surface area contributed by atoms with Crippen molar-refractivity contribution < 1.29 is 9.18 Å². The standard InChI is InChI=1S/C13H20FN3OS/c1-12(2,3)9-7-19-10(16-9)6-17-5-4-13(14,8-17)11(15)18/h7H,4-6,8H2,1-3H3,(H2,15,18). The molecule has 1 fully saturated rings. The van der Waals surface area contributed by atoms with Crippen molar-refractivity contribution in [1.82, 2.24) is 9.88 Å². The molecule has 1 unspecified atom stereocenters. The molecule has 0 spiro atoms. The summed E-state index contributed by atoms with van der Waals surface area (Å²) >= 11 is 1.58. The number of carbonyl (C=O) groups is 1. The number of halogens is 1. The largest absolute Gasteiger partial charge is 0.367 e. The van der Waals surface area contributed by atoms with Crippen LogP contribution >= 0.6 is 11.3 Å². The lowest BCUT2D eigenvalue weighted by molar-refractivity contribution is -0.128. The minimum atomic E-state index is -1.87. The van der Waals surface area contributed by atoms with E-state index in [4.69, 9.17) is 5.73 Å². The predicted molar refractivity (Wildman–Crippen MR) is 73.7 cm³/mol. The van der Waals surface area contributed by atoms with Gasteiger partial charge < -0.3 is 5.73 Å². The Morgan fingerprint density at radius 1 is 1.63 bits per heavy atom. The summed E-state index contributed by atoms with van der Waals surface area (Å²) in [6.07, 6.45) is 0.180. The zero-order chi connectivity index (χ0) is 14.3. The molecule has 0 aromatic carbocycles. The zero-order valence-electron chi connectivity index (χ0n) is 11.6. The van der Waals surface area contributed by atoms with Gasteiger partial charge in [-0.25, -0.2) is 9.37 Å². The van der Waals surface area contributed by atoms with Gasteiger partial charge >= 0.3 is 0 Å². The maximum Gasteiger partial charge on any atom is 0.256 e. The lowest BCUT2D eigenvalue weighted by Gasteiger charge is -2.17. The second-order valence-electron chi connectivity index (χ2n) is 6.17. The second-order valence-corrected chi connectivity index (χ2v) is 7.11. The van der Waals surface area contributed by atoms with E-state index in [1.807, 2.05) is 10.3 Å². The van der Waals surface area contributed by atoms with Crippen molar-refractivity contribution in [1.29, 1.82) is 0 Å². The van der Waals surface area contributed by atoms with Gasteiger partial charge in [-0.05, 0) is 0 Å². The Bertz CT molecular complexity index is 482. The Balaban J connectivity index is 2.00. The highest BCUT2D eigenvalue weighted by Crippen LogP contribution is 2.28. The molecule has 0 bridgehead atoms. The van der Waals surface area contributed by atoms with Crippen LogP contribution in [0.5, 0.6) is 0 Å². The fraction of sp³-hybridized carbons (Fsp3) is 0.692. The van der Waals surface area contributed by atoms with Gasteiger partial charge in [-0.15, -0.1) is 11.3 Å². The summed E-state index contributed by atoms with van der Waals surface area (Å²) in [7, 11) is 0. The van der Waals surface area contributed by atoms with Gasteiger partial charge in [-0.2, -0.15) is 0 Å². The van der Waals surface area contributed by atoms with Gasteiger partial charge in [0.15, 0.2) is 0 Å². The molecule has 19 heavy (non-hydrogen) atoms. The number of thiazole rings is 1. The summed E-state index contributed by atoms with van der Waals surface area (Å²) in [5.74, 6) is -0.857. The molecule has 1 aromatic rings. The van der Waals surface area contributed by atoms with Gasteiger partial charge in [-0.3, -0.25) is 9.69 Å². The molecule has 2 rings (SSSR count). The van der Waals surface area contributed by atoms with E-state index in [2.05, 4.69) is 25.8 Å². The number of rotatable bonds is 3. The SMILES string of the molecule is CC(C)(C)c1csc(CN2CCC(F)(C(N)=O)C2)n1. The van der Waals surface area contributed by atoms with Crippen LogP contribution in [0.25, 0.3) is 0 Å². The van der Waals surface area contributed by atoms with Crippen molar-refractivity contribution in [3.8, 4) is 0 Å². The maximum absolute atomic E-state index is 14.0. The quantitative estimate of drug-likeness (QED) is 0.922. The number of nitrogens with two attached hydrogens (primary N) is 1. The lowest BCUT2D eigenvalue weighted by atomic mass is 9.93. The summed E-state index contributed by atoms with van der Waals surface area (Å²) in [5.41, 5.74) is 4.30. The molecule has 1 aliphatic heterocycles. The van der Waals surface area contributed by atoms with E-state index >= 15 is 0 Å². The highest BCUT2D eigenvalue weighted by molar-refractivity contribution is 7.09. The van der Waals surface area contributed by atoms with Crippen molar-refractivity contribution in [3.05, 3.63) is 16.1 Å². The Labute approximate surface area is 116 Å². The summed E-state index contributed by atoms with van der Waals surface area (Å²) < 4.78 is 14.0. The van der Waals surface area contributed by atoms with Crippen molar-refractivity contribution in [2.24, 2.45) is 5.73 Å². The number of amides is 1. The van der Waals surface area contributed by atoms with E-state index in [1.54, 1.807) is 11.3 Å².